The van der Waals surface area contributed by atoms with Gasteiger partial charge < -0.3 is 9.87 Å². The lowest BCUT2D eigenvalue weighted by atomic mass is 10.2. The molecule has 37 heavy (non-hydrogen) atoms. The quantitative estimate of drug-likeness (QED) is 0.184. The first-order chi connectivity index (χ1) is 16.9. The molecule has 1 unspecified atom stereocenters. The topological polar surface area (TPSA) is 78.7 Å². The molecule has 3 aromatic rings. The van der Waals surface area contributed by atoms with Gasteiger partial charge in [-0.3, -0.25) is 0 Å². The zero-order valence-electron chi connectivity index (χ0n) is 18.2. The summed E-state index contributed by atoms with van der Waals surface area (Å²) < 4.78 is 133. The Balaban J connectivity index is 2.30. The summed E-state index contributed by atoms with van der Waals surface area (Å²) in [6, 6.07) is 0.863. The first-order valence-electron chi connectivity index (χ1n) is 10.1. The average Bonchev–Trinajstić information content (AvgIpc) is 3.11. The number of hydrogen-bond donors (Lipinski definition) is 1. The van der Waals surface area contributed by atoms with Crippen molar-refractivity contribution < 1.29 is 44.1 Å². The van der Waals surface area contributed by atoms with Crippen LogP contribution in [0.25, 0.3) is 16.7 Å². The van der Waals surface area contributed by atoms with Gasteiger partial charge in [-0.15, -0.1) is 5.10 Å². The van der Waals surface area contributed by atoms with Crippen LogP contribution in [0.2, 0.25) is 10.0 Å². The molecule has 0 bridgehead atoms. The van der Waals surface area contributed by atoms with Gasteiger partial charge in [0.2, 0.25) is 5.82 Å². The summed E-state index contributed by atoms with van der Waals surface area (Å²) in [4.78, 5) is 5.74. The minimum Gasteiger partial charge on any atom is -0.616 e. The lowest BCUT2D eigenvalue weighted by Gasteiger charge is -2.16. The van der Waals surface area contributed by atoms with Crippen LogP contribution in [0.15, 0.2) is 12.1 Å². The Labute approximate surface area is 215 Å². The van der Waals surface area contributed by atoms with Crippen molar-refractivity contribution in [2.75, 3.05) is 23.4 Å². The molecule has 0 amide bonds. The number of benzene rings is 1. The second-order valence-corrected chi connectivity index (χ2v) is 10.0. The summed E-state index contributed by atoms with van der Waals surface area (Å²) in [6.07, 6.45) is -15.5. The van der Waals surface area contributed by atoms with Crippen molar-refractivity contribution in [2.45, 2.75) is 31.9 Å². The molecular weight excluding hydrogens is 588 g/mol. The van der Waals surface area contributed by atoms with Gasteiger partial charge in [0.25, 0.3) is 0 Å². The van der Waals surface area contributed by atoms with E-state index in [1.54, 1.807) is 6.92 Å². The Kier molecular flexibility index (Phi) is 8.37. The van der Waals surface area contributed by atoms with Gasteiger partial charge in [0.1, 0.15) is 23.0 Å². The number of rotatable bonds is 7. The molecule has 2 heterocycles. The number of alkyl halides is 9. The summed E-state index contributed by atoms with van der Waals surface area (Å²) in [7, 11) is 0. The summed E-state index contributed by atoms with van der Waals surface area (Å²) in [6.45, 7) is 1.49. The van der Waals surface area contributed by atoms with Crippen LogP contribution in [-0.2, 0) is 29.7 Å². The molecule has 0 saturated heterocycles. The van der Waals surface area contributed by atoms with E-state index in [0.29, 0.717) is 22.6 Å². The second kappa shape index (κ2) is 10.5. The highest BCUT2D eigenvalue weighted by Crippen LogP contribution is 2.43. The highest BCUT2D eigenvalue weighted by molar-refractivity contribution is 7.91. The van der Waals surface area contributed by atoms with E-state index < -0.39 is 79.4 Å². The molecule has 1 atom stereocenters. The molecule has 1 aromatic carbocycles. The fourth-order valence-corrected chi connectivity index (χ4v) is 4.56. The van der Waals surface area contributed by atoms with Crippen LogP contribution in [-0.4, -0.2) is 42.4 Å². The molecule has 3 rings (SSSR count). The van der Waals surface area contributed by atoms with Crippen LogP contribution < -0.4 is 5.32 Å². The lowest BCUT2D eigenvalue weighted by Crippen LogP contribution is -2.18. The van der Waals surface area contributed by atoms with E-state index in [2.05, 4.69) is 20.4 Å². The van der Waals surface area contributed by atoms with Gasteiger partial charge in [-0.05, 0) is 19.1 Å². The van der Waals surface area contributed by atoms with Gasteiger partial charge in [-0.25, -0.2) is 14.6 Å². The molecular formula is C19H14Cl2F9N5OS. The molecule has 0 aliphatic heterocycles. The van der Waals surface area contributed by atoms with E-state index in [1.165, 1.54) is 0 Å². The Morgan fingerprint density at radius 2 is 1.54 bits per heavy atom. The highest BCUT2D eigenvalue weighted by Gasteiger charge is 2.43. The number of nitrogens with one attached hydrogen (secondary N) is 1. The van der Waals surface area contributed by atoms with Crippen molar-refractivity contribution in [3.8, 4) is 5.69 Å². The monoisotopic (exact) mass is 601 g/mol. The maximum Gasteiger partial charge on any atom is 0.451 e. The van der Waals surface area contributed by atoms with E-state index in [-0.39, 0.29) is 18.7 Å². The standard InChI is InChI=1S/C19H14Cl2F9N5OS/c1-2-37(36)5-3-4-31-15-11-13(18(25,26)27)32-16(19(28,29)30)33-14(11)34-35(15)12-9(20)6-8(7-10(12)21)17(22,23)24/h6-7,31H,2-5H2,1H3. The van der Waals surface area contributed by atoms with E-state index in [1.807, 2.05) is 0 Å². The van der Waals surface area contributed by atoms with Gasteiger partial charge in [-0.2, -0.15) is 39.5 Å². The molecule has 1 N–H and O–H groups in total. The van der Waals surface area contributed by atoms with E-state index >= 15 is 0 Å². The normalized spacial score (nSPS) is 13.9. The molecule has 0 saturated carbocycles. The maximum atomic E-state index is 13.8. The first kappa shape index (κ1) is 29.4. The SMILES string of the molecule is CC[S+]([O-])CCCNc1c2c(C(F)(F)F)nc(C(F)(F)F)nc2nn1-c1c(Cl)cc(C(F)(F)F)cc1Cl. The smallest absolute Gasteiger partial charge is 0.451 e. The van der Waals surface area contributed by atoms with E-state index in [4.69, 9.17) is 23.2 Å². The third-order valence-corrected chi connectivity index (χ3v) is 6.74. The third-order valence-electron chi connectivity index (χ3n) is 4.77. The fraction of sp³-hybridized carbons (Fsp3) is 0.421. The second-order valence-electron chi connectivity index (χ2n) is 7.35. The molecule has 0 aliphatic rings. The van der Waals surface area contributed by atoms with Gasteiger partial charge >= 0.3 is 18.5 Å². The van der Waals surface area contributed by atoms with E-state index in [9.17, 15) is 44.1 Å². The van der Waals surface area contributed by atoms with Crippen LogP contribution >= 0.6 is 23.2 Å². The number of hydrogen-bond acceptors (Lipinski definition) is 5. The Hall–Kier alpha value is -2.17. The summed E-state index contributed by atoms with van der Waals surface area (Å²) in [5.41, 5.74) is -4.89. The van der Waals surface area contributed by atoms with Crippen LogP contribution in [0.4, 0.5) is 45.3 Å². The predicted molar refractivity (Wildman–Crippen MR) is 118 cm³/mol. The van der Waals surface area contributed by atoms with Crippen molar-refractivity contribution in [3.63, 3.8) is 0 Å². The molecule has 6 nitrogen and oxygen atoms in total. The average molecular weight is 602 g/mol. The van der Waals surface area contributed by atoms with Crippen molar-refractivity contribution >= 4 is 51.2 Å². The van der Waals surface area contributed by atoms with Crippen LogP contribution in [0.5, 0.6) is 0 Å². The largest absolute Gasteiger partial charge is 0.616 e. The molecule has 204 valence electrons. The van der Waals surface area contributed by atoms with Crippen molar-refractivity contribution in [3.05, 3.63) is 39.3 Å². The minimum absolute atomic E-state index is 0.137. The Morgan fingerprint density at radius 1 is 0.946 bits per heavy atom. The van der Waals surface area contributed by atoms with Gasteiger partial charge in [-0.1, -0.05) is 34.4 Å². The number of fused-ring (bicyclic) bond motifs is 1. The van der Waals surface area contributed by atoms with Crippen molar-refractivity contribution in [2.24, 2.45) is 0 Å². The van der Waals surface area contributed by atoms with Crippen LogP contribution in [0.3, 0.4) is 0 Å². The Morgan fingerprint density at radius 3 is 2.03 bits per heavy atom. The highest BCUT2D eigenvalue weighted by atomic mass is 35.5. The molecule has 0 spiro atoms. The zero-order valence-corrected chi connectivity index (χ0v) is 20.6. The van der Waals surface area contributed by atoms with Crippen LogP contribution in [0.1, 0.15) is 30.4 Å². The number of aromatic nitrogens is 4. The number of nitrogens with zero attached hydrogens (tertiary/aromatic N) is 4. The van der Waals surface area contributed by atoms with Gasteiger partial charge in [0.15, 0.2) is 11.3 Å². The predicted octanol–water partition coefficient (Wildman–Crippen LogP) is 6.75. The van der Waals surface area contributed by atoms with Crippen molar-refractivity contribution in [1.82, 2.24) is 19.7 Å². The molecule has 0 aliphatic carbocycles. The van der Waals surface area contributed by atoms with E-state index in [0.717, 1.165) is 0 Å². The number of anilines is 1. The van der Waals surface area contributed by atoms with Crippen LogP contribution in [0, 0.1) is 0 Å². The summed E-state index contributed by atoms with van der Waals surface area (Å²) in [5, 5.41) is 3.80. The fourth-order valence-electron chi connectivity index (χ4n) is 3.16. The molecule has 0 radical (unpaired) electrons. The first-order valence-corrected chi connectivity index (χ1v) is 12.3. The summed E-state index contributed by atoms with van der Waals surface area (Å²) in [5.74, 6) is -2.31. The van der Waals surface area contributed by atoms with Gasteiger partial charge in [0.05, 0.1) is 21.0 Å². The summed E-state index contributed by atoms with van der Waals surface area (Å²) >= 11 is 10.7. The third kappa shape index (κ3) is 6.46. The van der Waals surface area contributed by atoms with Crippen molar-refractivity contribution in [1.29, 1.82) is 0 Å². The lowest BCUT2D eigenvalue weighted by molar-refractivity contribution is -0.151. The molecule has 0 fully saturated rings. The maximum absolute atomic E-state index is 13.8. The molecule has 2 aromatic heterocycles. The number of halogens is 11. The minimum atomic E-state index is -5.41. The van der Waals surface area contributed by atoms with Gasteiger partial charge in [0, 0.05) is 13.0 Å². The molecule has 18 heteroatoms. The Bertz CT molecular complexity index is 1270. The zero-order chi connectivity index (χ0) is 27.9.